The molecule has 0 radical (unpaired) electrons. The summed E-state index contributed by atoms with van der Waals surface area (Å²) < 4.78 is 39.6. The zero-order chi connectivity index (χ0) is 11.5. The maximum atomic E-state index is 11.9. The van der Waals surface area contributed by atoms with Gasteiger partial charge in [0.25, 0.3) is 0 Å². The molecule has 0 bridgehead atoms. The van der Waals surface area contributed by atoms with Crippen LogP contribution in [0, 0.1) is 0 Å². The van der Waals surface area contributed by atoms with Crippen molar-refractivity contribution in [1.29, 1.82) is 0 Å². The Balaban J connectivity index is 2.83. The third kappa shape index (κ3) is 4.11. The van der Waals surface area contributed by atoms with E-state index in [2.05, 4.69) is 20.7 Å². The van der Waals surface area contributed by atoms with Crippen molar-refractivity contribution in [1.82, 2.24) is 0 Å². The van der Waals surface area contributed by atoms with Crippen LogP contribution in [0.5, 0.6) is 5.75 Å². The molecule has 15 heavy (non-hydrogen) atoms. The predicted octanol–water partition coefficient (Wildman–Crippen LogP) is 4.08. The molecule has 0 saturated carbocycles. The highest BCUT2D eigenvalue weighted by Crippen LogP contribution is 2.26. The first kappa shape index (κ1) is 12.4. The molecule has 1 atom stereocenters. The molecule has 84 valence electrons. The Hall–Kier alpha value is -0.710. The Morgan fingerprint density at radius 2 is 2.07 bits per heavy atom. The molecule has 0 aliphatic heterocycles. The van der Waals surface area contributed by atoms with Gasteiger partial charge in [0.05, 0.1) is 0 Å². The molecule has 1 unspecified atom stereocenters. The number of hydrogen-bond donors (Lipinski definition) is 0. The Bertz CT molecular complexity index is 325. The van der Waals surface area contributed by atoms with Crippen molar-refractivity contribution >= 4 is 15.9 Å². The lowest BCUT2D eigenvalue weighted by atomic mass is 10.0. The Kier molecular flexibility index (Phi) is 4.02. The molecule has 0 saturated heterocycles. The molecule has 1 aromatic carbocycles. The van der Waals surface area contributed by atoms with Gasteiger partial charge in [-0.2, -0.15) is 0 Å². The number of ether oxygens (including phenoxy) is 1. The molecule has 0 aliphatic carbocycles. The van der Waals surface area contributed by atoms with E-state index in [0.29, 0.717) is 5.33 Å². The van der Waals surface area contributed by atoms with Crippen LogP contribution in [0.3, 0.4) is 0 Å². The van der Waals surface area contributed by atoms with Gasteiger partial charge in [-0.3, -0.25) is 0 Å². The first-order valence-electron chi connectivity index (χ1n) is 4.34. The van der Waals surface area contributed by atoms with E-state index in [9.17, 15) is 13.2 Å². The highest BCUT2D eigenvalue weighted by Gasteiger charge is 2.31. The summed E-state index contributed by atoms with van der Waals surface area (Å²) in [6.07, 6.45) is -4.63. The molecule has 0 amide bonds. The number of alkyl halides is 4. The smallest absolute Gasteiger partial charge is 0.406 e. The third-order valence-corrected chi connectivity index (χ3v) is 2.86. The maximum absolute atomic E-state index is 11.9. The fraction of sp³-hybridized carbons (Fsp3) is 0.400. The standard InChI is InChI=1S/C10H10BrF3O/c1-7(6-11)8-3-2-4-9(5-8)15-10(12,13)14/h2-5,7H,6H2,1H3. The topological polar surface area (TPSA) is 9.23 Å². The van der Waals surface area contributed by atoms with Crippen LogP contribution in [-0.2, 0) is 0 Å². The van der Waals surface area contributed by atoms with Gasteiger partial charge in [0, 0.05) is 5.33 Å². The fourth-order valence-electron chi connectivity index (χ4n) is 1.11. The molecule has 0 aliphatic rings. The first-order valence-corrected chi connectivity index (χ1v) is 5.46. The van der Waals surface area contributed by atoms with Crippen molar-refractivity contribution in [2.75, 3.05) is 5.33 Å². The minimum absolute atomic E-state index is 0.154. The summed E-state index contributed by atoms with van der Waals surface area (Å²) in [5, 5.41) is 0.697. The summed E-state index contributed by atoms with van der Waals surface area (Å²) in [5.41, 5.74) is 0.814. The number of rotatable bonds is 3. The number of halogens is 4. The van der Waals surface area contributed by atoms with E-state index in [1.165, 1.54) is 12.1 Å². The molecular formula is C10H10BrF3O. The summed E-state index contributed by atoms with van der Waals surface area (Å²) >= 11 is 3.27. The van der Waals surface area contributed by atoms with E-state index in [1.54, 1.807) is 12.1 Å². The van der Waals surface area contributed by atoms with E-state index in [4.69, 9.17) is 0 Å². The van der Waals surface area contributed by atoms with E-state index in [-0.39, 0.29) is 11.7 Å². The quantitative estimate of drug-likeness (QED) is 0.759. The van der Waals surface area contributed by atoms with Crippen LogP contribution in [0.15, 0.2) is 24.3 Å². The molecule has 0 heterocycles. The Labute approximate surface area is 94.4 Å². The van der Waals surface area contributed by atoms with Crippen molar-refractivity contribution < 1.29 is 17.9 Å². The Morgan fingerprint density at radius 1 is 1.40 bits per heavy atom. The van der Waals surface area contributed by atoms with E-state index in [0.717, 1.165) is 5.56 Å². The van der Waals surface area contributed by atoms with Gasteiger partial charge in [-0.15, -0.1) is 13.2 Å². The molecule has 1 rings (SSSR count). The van der Waals surface area contributed by atoms with Crippen molar-refractivity contribution in [3.63, 3.8) is 0 Å². The SMILES string of the molecule is CC(CBr)c1cccc(OC(F)(F)F)c1. The van der Waals surface area contributed by atoms with Gasteiger partial charge in [-0.25, -0.2) is 0 Å². The van der Waals surface area contributed by atoms with Crippen LogP contribution in [-0.4, -0.2) is 11.7 Å². The highest BCUT2D eigenvalue weighted by molar-refractivity contribution is 9.09. The lowest BCUT2D eigenvalue weighted by Gasteiger charge is -2.12. The summed E-state index contributed by atoms with van der Waals surface area (Å²) in [7, 11) is 0. The molecule has 0 N–H and O–H groups in total. The molecule has 1 aromatic rings. The largest absolute Gasteiger partial charge is 0.573 e. The van der Waals surface area contributed by atoms with Gasteiger partial charge < -0.3 is 4.74 Å². The predicted molar refractivity (Wildman–Crippen MR) is 55.3 cm³/mol. The van der Waals surface area contributed by atoms with Crippen LogP contribution in [0.4, 0.5) is 13.2 Å². The highest BCUT2D eigenvalue weighted by atomic mass is 79.9. The summed E-state index contributed by atoms with van der Waals surface area (Å²) in [4.78, 5) is 0. The van der Waals surface area contributed by atoms with Gasteiger partial charge in [-0.1, -0.05) is 35.0 Å². The van der Waals surface area contributed by atoms with E-state index >= 15 is 0 Å². The van der Waals surface area contributed by atoms with Crippen molar-refractivity contribution in [2.45, 2.75) is 19.2 Å². The van der Waals surface area contributed by atoms with Crippen LogP contribution >= 0.6 is 15.9 Å². The van der Waals surface area contributed by atoms with E-state index < -0.39 is 6.36 Å². The molecule has 0 fully saturated rings. The molecule has 1 nitrogen and oxygen atoms in total. The normalized spacial score (nSPS) is 13.7. The van der Waals surface area contributed by atoms with Crippen LogP contribution < -0.4 is 4.74 Å². The second-order valence-corrected chi connectivity index (χ2v) is 3.82. The summed E-state index contributed by atoms with van der Waals surface area (Å²) in [6, 6.07) is 6.02. The second-order valence-electron chi connectivity index (χ2n) is 3.18. The summed E-state index contributed by atoms with van der Waals surface area (Å²) in [5.74, 6) is -0.0189. The summed E-state index contributed by atoms with van der Waals surface area (Å²) in [6.45, 7) is 1.92. The van der Waals surface area contributed by atoms with Crippen LogP contribution in [0.1, 0.15) is 18.4 Å². The van der Waals surface area contributed by atoms with Gasteiger partial charge in [0.2, 0.25) is 0 Å². The average molecular weight is 283 g/mol. The zero-order valence-electron chi connectivity index (χ0n) is 8.01. The van der Waals surface area contributed by atoms with E-state index in [1.807, 2.05) is 6.92 Å². The van der Waals surface area contributed by atoms with Gasteiger partial charge in [-0.05, 0) is 23.6 Å². The zero-order valence-corrected chi connectivity index (χ0v) is 9.60. The second kappa shape index (κ2) is 4.88. The van der Waals surface area contributed by atoms with Crippen molar-refractivity contribution in [2.24, 2.45) is 0 Å². The molecule has 0 spiro atoms. The molecule has 0 aromatic heterocycles. The maximum Gasteiger partial charge on any atom is 0.573 e. The van der Waals surface area contributed by atoms with Crippen molar-refractivity contribution in [3.8, 4) is 5.75 Å². The number of hydrogen-bond acceptors (Lipinski definition) is 1. The first-order chi connectivity index (χ1) is 6.92. The monoisotopic (exact) mass is 282 g/mol. The average Bonchev–Trinajstić information content (AvgIpc) is 2.14. The van der Waals surface area contributed by atoms with Gasteiger partial charge in [0.1, 0.15) is 5.75 Å². The lowest BCUT2D eigenvalue weighted by Crippen LogP contribution is -2.17. The number of benzene rings is 1. The van der Waals surface area contributed by atoms with Gasteiger partial charge in [0.15, 0.2) is 0 Å². The van der Waals surface area contributed by atoms with Gasteiger partial charge >= 0.3 is 6.36 Å². The minimum atomic E-state index is -4.63. The fourth-order valence-corrected chi connectivity index (χ4v) is 1.48. The molecular weight excluding hydrogens is 273 g/mol. The minimum Gasteiger partial charge on any atom is -0.406 e. The third-order valence-electron chi connectivity index (χ3n) is 1.89. The van der Waals surface area contributed by atoms with Crippen LogP contribution in [0.25, 0.3) is 0 Å². The van der Waals surface area contributed by atoms with Crippen LogP contribution in [0.2, 0.25) is 0 Å². The molecule has 5 heteroatoms. The lowest BCUT2D eigenvalue weighted by molar-refractivity contribution is -0.274. The Morgan fingerprint density at radius 3 is 2.60 bits per heavy atom. The van der Waals surface area contributed by atoms with Crippen molar-refractivity contribution in [3.05, 3.63) is 29.8 Å².